The summed E-state index contributed by atoms with van der Waals surface area (Å²) in [4.78, 5) is 12.2. The second-order valence-corrected chi connectivity index (χ2v) is 6.59. The van der Waals surface area contributed by atoms with Crippen molar-refractivity contribution in [3.8, 4) is 0 Å². The third-order valence-corrected chi connectivity index (χ3v) is 4.37. The van der Waals surface area contributed by atoms with Crippen molar-refractivity contribution in [3.05, 3.63) is 60.0 Å². The fourth-order valence-electron chi connectivity index (χ4n) is 1.47. The Morgan fingerprint density at radius 2 is 1.79 bits per heavy atom. The smallest absolute Gasteiger partial charge is 0.256 e. The first kappa shape index (κ1) is 15.1. The van der Waals surface area contributed by atoms with E-state index in [0.717, 1.165) is 3.57 Å². The highest BCUT2D eigenvalue weighted by molar-refractivity contribution is 14.1. The lowest BCUT2D eigenvalue weighted by molar-refractivity contribution is 0.102. The number of amides is 1. The van der Waals surface area contributed by atoms with Crippen LogP contribution >= 0.6 is 61.7 Å². The summed E-state index contributed by atoms with van der Waals surface area (Å²) in [5.74, 6) is -0.264. The van der Waals surface area contributed by atoms with E-state index in [9.17, 15) is 4.79 Å². The summed E-state index contributed by atoms with van der Waals surface area (Å²) in [7, 11) is 0. The van der Waals surface area contributed by atoms with Gasteiger partial charge in [-0.15, -0.1) is 0 Å². The van der Waals surface area contributed by atoms with Crippen molar-refractivity contribution in [2.75, 3.05) is 5.32 Å². The van der Waals surface area contributed by atoms with Crippen LogP contribution in [0.1, 0.15) is 10.4 Å². The van der Waals surface area contributed by atoms with Gasteiger partial charge in [0, 0.05) is 8.04 Å². The Labute approximate surface area is 142 Å². The summed E-state index contributed by atoms with van der Waals surface area (Å²) < 4.78 is 1.68. The average molecular weight is 471 g/mol. The maximum atomic E-state index is 12.2. The zero-order valence-corrected chi connectivity index (χ0v) is 14.6. The average Bonchev–Trinajstić information content (AvgIpc) is 2.37. The van der Waals surface area contributed by atoms with Crippen molar-refractivity contribution < 1.29 is 4.79 Å². The van der Waals surface area contributed by atoms with Crippen molar-refractivity contribution in [1.29, 1.82) is 0 Å². The lowest BCUT2D eigenvalue weighted by atomic mass is 10.2. The standard InChI is InChI=1S/C13H7BrCl2INO/c14-9-5-4-7(17)6-8(9)13(19)18-12-10(15)2-1-3-11(12)16/h1-6H,(H,18,19). The predicted octanol–water partition coefficient (Wildman–Crippen LogP) is 5.61. The van der Waals surface area contributed by atoms with Gasteiger partial charge in [-0.3, -0.25) is 4.79 Å². The SMILES string of the molecule is O=C(Nc1c(Cl)cccc1Cl)c1cc(I)ccc1Br. The lowest BCUT2D eigenvalue weighted by Gasteiger charge is -2.10. The van der Waals surface area contributed by atoms with Gasteiger partial charge in [-0.05, 0) is 68.9 Å². The molecular formula is C13H7BrCl2INO. The summed E-state index contributed by atoms with van der Waals surface area (Å²) in [6.07, 6.45) is 0. The van der Waals surface area contributed by atoms with Gasteiger partial charge in [0.1, 0.15) is 0 Å². The number of carbonyl (C=O) groups is 1. The molecule has 0 fully saturated rings. The highest BCUT2D eigenvalue weighted by Gasteiger charge is 2.14. The molecule has 0 aromatic heterocycles. The van der Waals surface area contributed by atoms with Gasteiger partial charge in [-0.2, -0.15) is 0 Å². The van der Waals surface area contributed by atoms with Crippen LogP contribution in [-0.4, -0.2) is 5.91 Å². The van der Waals surface area contributed by atoms with Crippen LogP contribution in [0.3, 0.4) is 0 Å². The lowest BCUT2D eigenvalue weighted by Crippen LogP contribution is -2.13. The quantitative estimate of drug-likeness (QED) is 0.568. The first-order chi connectivity index (χ1) is 8.99. The Morgan fingerprint density at radius 3 is 2.42 bits per heavy atom. The minimum atomic E-state index is -0.264. The molecule has 6 heteroatoms. The van der Waals surface area contributed by atoms with Crippen LogP contribution in [0.4, 0.5) is 5.69 Å². The molecule has 98 valence electrons. The Kier molecular flexibility index (Phi) is 5.11. The molecule has 19 heavy (non-hydrogen) atoms. The summed E-state index contributed by atoms with van der Waals surface area (Å²) in [5.41, 5.74) is 0.949. The Hall–Kier alpha value is -0.300. The normalized spacial score (nSPS) is 10.3. The highest BCUT2D eigenvalue weighted by atomic mass is 127. The number of halogens is 4. The predicted molar refractivity (Wildman–Crippen MR) is 91.3 cm³/mol. The van der Waals surface area contributed by atoms with Crippen LogP contribution in [0.25, 0.3) is 0 Å². The second kappa shape index (κ2) is 6.43. The van der Waals surface area contributed by atoms with E-state index in [2.05, 4.69) is 43.8 Å². The van der Waals surface area contributed by atoms with Crippen LogP contribution in [-0.2, 0) is 0 Å². The van der Waals surface area contributed by atoms with E-state index in [1.54, 1.807) is 24.3 Å². The van der Waals surface area contributed by atoms with Crippen molar-refractivity contribution in [3.63, 3.8) is 0 Å². The Morgan fingerprint density at radius 1 is 1.16 bits per heavy atom. The minimum absolute atomic E-state index is 0.264. The van der Waals surface area contributed by atoms with Gasteiger partial charge >= 0.3 is 0 Å². The molecule has 0 unspecified atom stereocenters. The molecule has 0 saturated heterocycles. The van der Waals surface area contributed by atoms with Crippen LogP contribution < -0.4 is 5.32 Å². The van der Waals surface area contributed by atoms with Crippen molar-refractivity contribution in [2.45, 2.75) is 0 Å². The minimum Gasteiger partial charge on any atom is -0.319 e. The van der Waals surface area contributed by atoms with Gasteiger partial charge in [0.15, 0.2) is 0 Å². The zero-order chi connectivity index (χ0) is 14.0. The van der Waals surface area contributed by atoms with Gasteiger partial charge in [-0.25, -0.2) is 0 Å². The number of nitrogens with one attached hydrogen (secondary N) is 1. The van der Waals surface area contributed by atoms with Crippen molar-refractivity contribution in [2.24, 2.45) is 0 Å². The summed E-state index contributed by atoms with van der Waals surface area (Å²) >= 11 is 17.5. The first-order valence-electron chi connectivity index (χ1n) is 5.19. The Bertz CT molecular complexity index is 628. The van der Waals surface area contributed by atoms with Crippen LogP contribution in [0, 0.1) is 3.57 Å². The maximum absolute atomic E-state index is 12.2. The topological polar surface area (TPSA) is 29.1 Å². The number of para-hydroxylation sites is 1. The first-order valence-corrected chi connectivity index (χ1v) is 7.82. The van der Waals surface area contributed by atoms with Gasteiger partial charge in [-0.1, -0.05) is 29.3 Å². The summed E-state index contributed by atoms with van der Waals surface area (Å²) in [6, 6.07) is 10.6. The molecule has 2 nitrogen and oxygen atoms in total. The van der Waals surface area contributed by atoms with Gasteiger partial charge in [0.05, 0.1) is 21.3 Å². The van der Waals surface area contributed by atoms with Crippen LogP contribution in [0.15, 0.2) is 40.9 Å². The highest BCUT2D eigenvalue weighted by Crippen LogP contribution is 2.31. The molecule has 2 aromatic carbocycles. The number of hydrogen-bond acceptors (Lipinski definition) is 1. The van der Waals surface area contributed by atoms with E-state index < -0.39 is 0 Å². The van der Waals surface area contributed by atoms with E-state index in [1.807, 2.05) is 12.1 Å². The van der Waals surface area contributed by atoms with Crippen LogP contribution in [0.5, 0.6) is 0 Å². The molecule has 2 aromatic rings. The molecule has 0 bridgehead atoms. The largest absolute Gasteiger partial charge is 0.319 e. The van der Waals surface area contributed by atoms with E-state index in [4.69, 9.17) is 23.2 Å². The monoisotopic (exact) mass is 469 g/mol. The molecular weight excluding hydrogens is 464 g/mol. The van der Waals surface area contributed by atoms with E-state index in [-0.39, 0.29) is 5.91 Å². The number of anilines is 1. The zero-order valence-electron chi connectivity index (χ0n) is 9.38. The third kappa shape index (κ3) is 3.62. The number of rotatable bonds is 2. The molecule has 0 atom stereocenters. The van der Waals surface area contributed by atoms with Gasteiger partial charge in [0.25, 0.3) is 5.91 Å². The third-order valence-electron chi connectivity index (χ3n) is 2.37. The van der Waals surface area contributed by atoms with Gasteiger partial charge < -0.3 is 5.32 Å². The molecule has 0 aliphatic rings. The molecule has 0 aliphatic carbocycles. The van der Waals surface area contributed by atoms with E-state index in [1.165, 1.54) is 0 Å². The molecule has 0 saturated carbocycles. The molecule has 1 N–H and O–H groups in total. The fourth-order valence-corrected chi connectivity index (χ4v) is 2.88. The summed E-state index contributed by atoms with van der Waals surface area (Å²) in [6.45, 7) is 0. The molecule has 0 radical (unpaired) electrons. The second-order valence-electron chi connectivity index (χ2n) is 3.67. The van der Waals surface area contributed by atoms with Crippen molar-refractivity contribution >= 4 is 73.3 Å². The maximum Gasteiger partial charge on any atom is 0.256 e. The molecule has 0 spiro atoms. The molecule has 1 amide bonds. The van der Waals surface area contributed by atoms with Gasteiger partial charge in [0.2, 0.25) is 0 Å². The fraction of sp³-hybridized carbons (Fsp3) is 0. The Balaban J connectivity index is 2.34. The van der Waals surface area contributed by atoms with Crippen molar-refractivity contribution in [1.82, 2.24) is 0 Å². The number of hydrogen-bond donors (Lipinski definition) is 1. The number of carbonyl (C=O) groups excluding carboxylic acids is 1. The molecule has 0 heterocycles. The molecule has 2 rings (SSSR count). The van der Waals surface area contributed by atoms with Crippen LogP contribution in [0.2, 0.25) is 10.0 Å². The van der Waals surface area contributed by atoms with E-state index >= 15 is 0 Å². The molecule has 0 aliphatic heterocycles. The van der Waals surface area contributed by atoms with E-state index in [0.29, 0.717) is 25.8 Å². The number of benzene rings is 2. The summed E-state index contributed by atoms with van der Waals surface area (Å²) in [5, 5.41) is 3.54.